The highest BCUT2D eigenvalue weighted by molar-refractivity contribution is 5.58. The molecule has 3 aromatic rings. The van der Waals surface area contributed by atoms with E-state index in [0.717, 1.165) is 5.56 Å². The van der Waals surface area contributed by atoms with Crippen LogP contribution >= 0.6 is 0 Å². The van der Waals surface area contributed by atoms with E-state index in [0.29, 0.717) is 23.0 Å². The molecule has 0 aliphatic heterocycles. The normalized spacial score (nSPS) is 10.4. The molecule has 21 heavy (non-hydrogen) atoms. The van der Waals surface area contributed by atoms with Gasteiger partial charge in [-0.1, -0.05) is 0 Å². The molecule has 0 fully saturated rings. The van der Waals surface area contributed by atoms with Crippen LogP contribution in [0.5, 0.6) is 5.75 Å². The summed E-state index contributed by atoms with van der Waals surface area (Å²) in [6.45, 7) is 0. The van der Waals surface area contributed by atoms with Crippen LogP contribution in [0.2, 0.25) is 0 Å². The average Bonchev–Trinajstić information content (AvgIpc) is 2.56. The van der Waals surface area contributed by atoms with Gasteiger partial charge < -0.3 is 4.74 Å². The predicted octanol–water partition coefficient (Wildman–Crippen LogP) is 2.75. The van der Waals surface area contributed by atoms with Gasteiger partial charge in [-0.3, -0.25) is 0 Å². The third kappa shape index (κ3) is 2.84. The predicted molar refractivity (Wildman–Crippen MR) is 75.0 cm³/mol. The number of halogens is 1. The molecule has 0 N–H and O–H groups in total. The zero-order valence-corrected chi connectivity index (χ0v) is 11.2. The van der Waals surface area contributed by atoms with Crippen molar-refractivity contribution in [2.24, 2.45) is 0 Å². The highest BCUT2D eigenvalue weighted by Crippen LogP contribution is 2.18. The van der Waals surface area contributed by atoms with Crippen molar-refractivity contribution in [2.45, 2.75) is 0 Å². The minimum Gasteiger partial charge on any atom is -0.494 e. The maximum absolute atomic E-state index is 12.9. The number of aromatic nitrogens is 4. The zero-order valence-electron chi connectivity index (χ0n) is 11.2. The van der Waals surface area contributed by atoms with Crippen LogP contribution in [0.1, 0.15) is 0 Å². The van der Waals surface area contributed by atoms with E-state index in [-0.39, 0.29) is 5.82 Å². The van der Waals surface area contributed by atoms with Crippen LogP contribution in [-0.4, -0.2) is 27.0 Å². The average molecular weight is 282 g/mol. The lowest BCUT2D eigenvalue weighted by atomic mass is 10.2. The number of hydrogen-bond acceptors (Lipinski definition) is 5. The Morgan fingerprint density at radius 1 is 0.762 bits per heavy atom. The van der Waals surface area contributed by atoms with E-state index in [1.807, 2.05) is 0 Å². The quantitative estimate of drug-likeness (QED) is 0.739. The molecule has 3 rings (SSSR count). The second-order valence-corrected chi connectivity index (χ2v) is 4.25. The van der Waals surface area contributed by atoms with Crippen LogP contribution in [0.25, 0.3) is 22.8 Å². The Bertz CT molecular complexity index is 727. The van der Waals surface area contributed by atoms with Gasteiger partial charge in [0.25, 0.3) is 0 Å². The third-order valence-electron chi connectivity index (χ3n) is 2.88. The molecule has 2 aromatic heterocycles. The van der Waals surface area contributed by atoms with Crippen LogP contribution in [0, 0.1) is 5.82 Å². The first kappa shape index (κ1) is 13.1. The van der Waals surface area contributed by atoms with Crippen molar-refractivity contribution in [1.82, 2.24) is 19.9 Å². The molecule has 0 amide bonds. The van der Waals surface area contributed by atoms with Gasteiger partial charge in [0.1, 0.15) is 5.82 Å². The molecule has 0 aliphatic rings. The Balaban J connectivity index is 1.87. The summed E-state index contributed by atoms with van der Waals surface area (Å²) in [5, 5.41) is 0. The molecule has 2 heterocycles. The lowest BCUT2D eigenvalue weighted by molar-refractivity contribution is 0.411. The van der Waals surface area contributed by atoms with E-state index in [2.05, 4.69) is 19.9 Å². The SMILES string of the molecule is COc1cnc(-c2cnc(-c3ccc(F)cc3)nc2)nc1. The number of methoxy groups -OCH3 is 1. The van der Waals surface area contributed by atoms with Crippen LogP contribution in [-0.2, 0) is 0 Å². The number of rotatable bonds is 3. The molecule has 6 heteroatoms. The first-order valence-corrected chi connectivity index (χ1v) is 6.20. The fraction of sp³-hybridized carbons (Fsp3) is 0.0667. The summed E-state index contributed by atoms with van der Waals surface area (Å²) in [5.74, 6) is 1.33. The summed E-state index contributed by atoms with van der Waals surface area (Å²) in [4.78, 5) is 16.8. The molecule has 1 aromatic carbocycles. The van der Waals surface area contributed by atoms with Crippen LogP contribution in [0.4, 0.5) is 4.39 Å². The van der Waals surface area contributed by atoms with Gasteiger partial charge >= 0.3 is 0 Å². The van der Waals surface area contributed by atoms with Crippen molar-refractivity contribution in [3.05, 3.63) is 54.9 Å². The number of benzene rings is 1. The maximum Gasteiger partial charge on any atom is 0.162 e. The van der Waals surface area contributed by atoms with Crippen molar-refractivity contribution >= 4 is 0 Å². The Labute approximate surface area is 120 Å². The zero-order chi connectivity index (χ0) is 14.7. The summed E-state index contributed by atoms with van der Waals surface area (Å²) in [5.41, 5.74) is 1.45. The van der Waals surface area contributed by atoms with E-state index in [1.54, 1.807) is 44.0 Å². The minimum atomic E-state index is -0.290. The molecule has 0 spiro atoms. The molecule has 5 nitrogen and oxygen atoms in total. The third-order valence-corrected chi connectivity index (χ3v) is 2.88. The summed E-state index contributed by atoms with van der Waals surface area (Å²) >= 11 is 0. The summed E-state index contributed by atoms with van der Waals surface area (Å²) in [7, 11) is 1.55. The Hall–Kier alpha value is -2.89. The van der Waals surface area contributed by atoms with Gasteiger partial charge in [-0.05, 0) is 24.3 Å². The molecule has 0 atom stereocenters. The molecule has 0 aliphatic carbocycles. The lowest BCUT2D eigenvalue weighted by Gasteiger charge is -2.03. The van der Waals surface area contributed by atoms with Crippen molar-refractivity contribution in [2.75, 3.05) is 7.11 Å². The van der Waals surface area contributed by atoms with E-state index in [1.165, 1.54) is 12.1 Å². The van der Waals surface area contributed by atoms with Gasteiger partial charge in [0.15, 0.2) is 17.4 Å². The second kappa shape index (κ2) is 5.62. The first-order chi connectivity index (χ1) is 10.3. The fourth-order valence-corrected chi connectivity index (χ4v) is 1.76. The standard InChI is InChI=1S/C15H11FN4O/c1-21-13-8-19-15(20-9-13)11-6-17-14(18-7-11)10-2-4-12(16)5-3-10/h2-9H,1H3. The molecule has 0 bridgehead atoms. The summed E-state index contributed by atoms with van der Waals surface area (Å²) in [6, 6.07) is 6.01. The van der Waals surface area contributed by atoms with E-state index < -0.39 is 0 Å². The number of hydrogen-bond donors (Lipinski definition) is 0. The van der Waals surface area contributed by atoms with Crippen LogP contribution < -0.4 is 4.74 Å². The van der Waals surface area contributed by atoms with Gasteiger partial charge in [0, 0.05) is 18.0 Å². The number of nitrogens with zero attached hydrogens (tertiary/aromatic N) is 4. The van der Waals surface area contributed by atoms with Gasteiger partial charge in [0.05, 0.1) is 25.1 Å². The highest BCUT2D eigenvalue weighted by Gasteiger charge is 2.05. The molecule has 0 saturated carbocycles. The minimum absolute atomic E-state index is 0.290. The largest absolute Gasteiger partial charge is 0.494 e. The van der Waals surface area contributed by atoms with Crippen LogP contribution in [0.15, 0.2) is 49.1 Å². The van der Waals surface area contributed by atoms with E-state index in [9.17, 15) is 4.39 Å². The van der Waals surface area contributed by atoms with Gasteiger partial charge in [0.2, 0.25) is 0 Å². The van der Waals surface area contributed by atoms with Crippen LogP contribution in [0.3, 0.4) is 0 Å². The van der Waals surface area contributed by atoms with E-state index in [4.69, 9.17) is 4.74 Å². The summed E-state index contributed by atoms with van der Waals surface area (Å²) in [6.07, 6.45) is 6.42. The van der Waals surface area contributed by atoms with Crippen molar-refractivity contribution < 1.29 is 9.13 Å². The molecular weight excluding hydrogens is 271 g/mol. The topological polar surface area (TPSA) is 60.8 Å². The molecule has 0 saturated heterocycles. The lowest BCUT2D eigenvalue weighted by Crippen LogP contribution is -1.94. The second-order valence-electron chi connectivity index (χ2n) is 4.25. The smallest absolute Gasteiger partial charge is 0.162 e. The van der Waals surface area contributed by atoms with Crippen molar-refractivity contribution in [1.29, 1.82) is 0 Å². The summed E-state index contributed by atoms with van der Waals surface area (Å²) < 4.78 is 17.9. The highest BCUT2D eigenvalue weighted by atomic mass is 19.1. The Morgan fingerprint density at radius 3 is 1.86 bits per heavy atom. The van der Waals surface area contributed by atoms with Crippen molar-refractivity contribution in [3.63, 3.8) is 0 Å². The van der Waals surface area contributed by atoms with E-state index >= 15 is 0 Å². The Morgan fingerprint density at radius 2 is 1.29 bits per heavy atom. The fourth-order valence-electron chi connectivity index (χ4n) is 1.76. The monoisotopic (exact) mass is 282 g/mol. The Kier molecular flexibility index (Phi) is 3.51. The molecule has 104 valence electrons. The van der Waals surface area contributed by atoms with Gasteiger partial charge in [-0.2, -0.15) is 0 Å². The van der Waals surface area contributed by atoms with Gasteiger partial charge in [-0.15, -0.1) is 0 Å². The van der Waals surface area contributed by atoms with Gasteiger partial charge in [-0.25, -0.2) is 24.3 Å². The molecular formula is C15H11FN4O. The molecule has 0 unspecified atom stereocenters. The molecule has 0 radical (unpaired) electrons. The maximum atomic E-state index is 12.9. The van der Waals surface area contributed by atoms with Crippen molar-refractivity contribution in [3.8, 4) is 28.5 Å². The first-order valence-electron chi connectivity index (χ1n) is 6.20. The number of ether oxygens (including phenoxy) is 1.